The molecular weight excluding hydrogens is 475 g/mol. The second kappa shape index (κ2) is 12.2. The van der Waals surface area contributed by atoms with E-state index in [9.17, 15) is 0 Å². The van der Waals surface area contributed by atoms with Crippen LogP contribution < -0.4 is 10.6 Å². The summed E-state index contributed by atoms with van der Waals surface area (Å²) in [5.41, 5.74) is 4.65. The number of nitrogens with one attached hydrogen (secondary N) is 2. The summed E-state index contributed by atoms with van der Waals surface area (Å²) in [7, 11) is 0. The van der Waals surface area contributed by atoms with Crippen LogP contribution in [0.3, 0.4) is 0 Å². The van der Waals surface area contributed by atoms with Crippen LogP contribution in [0.5, 0.6) is 0 Å². The van der Waals surface area contributed by atoms with E-state index in [0.717, 1.165) is 43.1 Å². The minimum Gasteiger partial charge on any atom is -0.356 e. The molecule has 3 rings (SSSR count). The predicted octanol–water partition coefficient (Wildman–Crippen LogP) is 4.23. The molecule has 0 atom stereocenters. The van der Waals surface area contributed by atoms with Gasteiger partial charge in [-0.3, -0.25) is 0 Å². The topological polar surface area (TPSA) is 67.1 Å². The van der Waals surface area contributed by atoms with Crippen LogP contribution >= 0.6 is 24.0 Å². The van der Waals surface area contributed by atoms with E-state index < -0.39 is 0 Å². The molecule has 0 saturated heterocycles. The van der Waals surface area contributed by atoms with Crippen molar-refractivity contribution in [2.75, 3.05) is 6.54 Å². The molecule has 6 nitrogen and oxygen atoms in total. The van der Waals surface area contributed by atoms with Crippen LogP contribution in [0.1, 0.15) is 36.5 Å². The molecule has 1 aromatic heterocycles. The van der Waals surface area contributed by atoms with E-state index in [1.54, 1.807) is 11.0 Å². The number of aryl methyl sites for hydroxylation is 1. The first-order valence-electron chi connectivity index (χ1n) is 9.76. The van der Waals surface area contributed by atoms with Gasteiger partial charge in [0.1, 0.15) is 12.7 Å². The van der Waals surface area contributed by atoms with E-state index in [0.29, 0.717) is 6.54 Å². The highest BCUT2D eigenvalue weighted by molar-refractivity contribution is 14.0. The van der Waals surface area contributed by atoms with Gasteiger partial charge in [0.05, 0.1) is 12.2 Å². The molecule has 3 aromatic rings. The van der Waals surface area contributed by atoms with Crippen molar-refractivity contribution in [3.05, 3.63) is 77.9 Å². The van der Waals surface area contributed by atoms with Crippen LogP contribution in [0.4, 0.5) is 0 Å². The first-order valence-corrected chi connectivity index (χ1v) is 9.76. The number of unbranched alkanes of at least 4 members (excludes halogenated alkanes) is 1. The zero-order valence-corrected chi connectivity index (χ0v) is 19.3. The fourth-order valence-electron chi connectivity index (χ4n) is 2.72. The Labute approximate surface area is 189 Å². The lowest BCUT2D eigenvalue weighted by atomic mass is 10.1. The molecule has 0 radical (unpaired) electrons. The van der Waals surface area contributed by atoms with Gasteiger partial charge < -0.3 is 10.6 Å². The zero-order valence-electron chi connectivity index (χ0n) is 17.0. The van der Waals surface area contributed by atoms with Gasteiger partial charge in [0, 0.05) is 13.1 Å². The molecule has 0 fully saturated rings. The van der Waals surface area contributed by atoms with Crippen molar-refractivity contribution < 1.29 is 0 Å². The van der Waals surface area contributed by atoms with Crippen molar-refractivity contribution in [1.29, 1.82) is 0 Å². The Balaban J connectivity index is 0.00000300. The maximum absolute atomic E-state index is 4.75. The first-order chi connectivity index (χ1) is 13.7. The largest absolute Gasteiger partial charge is 0.356 e. The number of hydrogen-bond acceptors (Lipinski definition) is 3. The second-order valence-electron chi connectivity index (χ2n) is 6.79. The summed E-state index contributed by atoms with van der Waals surface area (Å²) in [6.45, 7) is 6.58. The van der Waals surface area contributed by atoms with E-state index in [4.69, 9.17) is 4.99 Å². The summed E-state index contributed by atoms with van der Waals surface area (Å²) in [5.74, 6) is 0.842. The van der Waals surface area contributed by atoms with Crippen LogP contribution in [-0.4, -0.2) is 27.3 Å². The average molecular weight is 504 g/mol. The average Bonchev–Trinajstić information content (AvgIpc) is 3.26. The smallest absolute Gasteiger partial charge is 0.191 e. The molecule has 0 aliphatic heterocycles. The first kappa shape index (κ1) is 22.9. The highest BCUT2D eigenvalue weighted by atomic mass is 127. The van der Waals surface area contributed by atoms with Crippen molar-refractivity contribution in [3.63, 3.8) is 0 Å². The van der Waals surface area contributed by atoms with Gasteiger partial charge in [-0.2, -0.15) is 5.10 Å². The van der Waals surface area contributed by atoms with Gasteiger partial charge in [-0.25, -0.2) is 14.7 Å². The number of benzene rings is 2. The normalized spacial score (nSPS) is 11.0. The van der Waals surface area contributed by atoms with Crippen LogP contribution in [0.25, 0.3) is 5.69 Å². The third-order valence-corrected chi connectivity index (χ3v) is 4.44. The van der Waals surface area contributed by atoms with Gasteiger partial charge in [-0.1, -0.05) is 55.3 Å². The van der Waals surface area contributed by atoms with E-state index in [1.807, 2.05) is 12.1 Å². The molecule has 2 N–H and O–H groups in total. The third kappa shape index (κ3) is 7.49. The Morgan fingerprint density at radius 1 is 1.00 bits per heavy atom. The maximum atomic E-state index is 4.75. The number of halogens is 1. The molecule has 0 bridgehead atoms. The lowest BCUT2D eigenvalue weighted by Gasteiger charge is -2.13. The molecular formula is C22H29IN6. The summed E-state index contributed by atoms with van der Waals surface area (Å²) >= 11 is 0. The molecule has 0 saturated carbocycles. The van der Waals surface area contributed by atoms with E-state index >= 15 is 0 Å². The van der Waals surface area contributed by atoms with Crippen molar-refractivity contribution in [2.24, 2.45) is 4.99 Å². The molecule has 2 aromatic carbocycles. The predicted molar refractivity (Wildman–Crippen MR) is 129 cm³/mol. The van der Waals surface area contributed by atoms with E-state index in [1.165, 1.54) is 17.5 Å². The Bertz CT molecular complexity index is 857. The van der Waals surface area contributed by atoms with Gasteiger partial charge in [-0.05, 0) is 36.6 Å². The Morgan fingerprint density at radius 2 is 1.72 bits per heavy atom. The molecule has 0 spiro atoms. The number of guanidine groups is 1. The SMILES string of the molecule is CCCCNC(=NCc1ccc(-n2cncn2)cc1)NCc1ccc(C)cc1.I. The summed E-state index contributed by atoms with van der Waals surface area (Å²) in [5, 5.41) is 11.0. The van der Waals surface area contributed by atoms with Gasteiger partial charge in [-0.15, -0.1) is 24.0 Å². The van der Waals surface area contributed by atoms with Crippen molar-refractivity contribution >= 4 is 29.9 Å². The zero-order chi connectivity index (χ0) is 19.6. The molecule has 1 heterocycles. The molecule has 0 unspecified atom stereocenters. The Morgan fingerprint density at radius 3 is 2.38 bits per heavy atom. The number of hydrogen-bond donors (Lipinski definition) is 2. The fraction of sp³-hybridized carbons (Fsp3) is 0.318. The molecule has 0 aliphatic rings. The summed E-state index contributed by atoms with van der Waals surface area (Å²) in [6.07, 6.45) is 5.50. The minimum absolute atomic E-state index is 0. The van der Waals surface area contributed by atoms with Crippen molar-refractivity contribution in [3.8, 4) is 5.69 Å². The highest BCUT2D eigenvalue weighted by Crippen LogP contribution is 2.09. The highest BCUT2D eigenvalue weighted by Gasteiger charge is 2.01. The lowest BCUT2D eigenvalue weighted by molar-refractivity contribution is 0.724. The van der Waals surface area contributed by atoms with E-state index in [2.05, 4.69) is 71.0 Å². The number of rotatable bonds is 8. The lowest BCUT2D eigenvalue weighted by Crippen LogP contribution is -2.37. The van der Waals surface area contributed by atoms with E-state index in [-0.39, 0.29) is 24.0 Å². The molecule has 29 heavy (non-hydrogen) atoms. The van der Waals surface area contributed by atoms with Gasteiger partial charge in [0.2, 0.25) is 0 Å². The summed E-state index contributed by atoms with van der Waals surface area (Å²) in [6, 6.07) is 16.8. The van der Waals surface area contributed by atoms with Crippen LogP contribution in [0.15, 0.2) is 66.2 Å². The van der Waals surface area contributed by atoms with Gasteiger partial charge >= 0.3 is 0 Å². The fourth-order valence-corrected chi connectivity index (χ4v) is 2.72. The molecule has 0 aliphatic carbocycles. The van der Waals surface area contributed by atoms with Crippen molar-refractivity contribution in [2.45, 2.75) is 39.8 Å². The maximum Gasteiger partial charge on any atom is 0.191 e. The Hall–Kier alpha value is -2.42. The molecule has 0 amide bonds. The minimum atomic E-state index is 0. The standard InChI is InChI=1S/C22H28N6.HI/c1-3-4-13-24-22(25-14-19-7-5-18(2)6-8-19)26-15-20-9-11-21(12-10-20)28-17-23-16-27-28;/h5-12,16-17H,3-4,13-15H2,1-2H3,(H2,24,25,26);1H. The van der Waals surface area contributed by atoms with Crippen molar-refractivity contribution in [1.82, 2.24) is 25.4 Å². The molecule has 7 heteroatoms. The van der Waals surface area contributed by atoms with Crippen LogP contribution in [0.2, 0.25) is 0 Å². The molecule has 154 valence electrons. The van der Waals surface area contributed by atoms with Crippen LogP contribution in [-0.2, 0) is 13.1 Å². The van der Waals surface area contributed by atoms with Gasteiger partial charge in [0.25, 0.3) is 0 Å². The summed E-state index contributed by atoms with van der Waals surface area (Å²) < 4.78 is 1.74. The number of aliphatic imine (C=N–C) groups is 1. The Kier molecular flexibility index (Phi) is 9.63. The monoisotopic (exact) mass is 504 g/mol. The second-order valence-corrected chi connectivity index (χ2v) is 6.79. The number of nitrogens with zero attached hydrogens (tertiary/aromatic N) is 4. The number of aromatic nitrogens is 3. The third-order valence-electron chi connectivity index (χ3n) is 4.44. The quantitative estimate of drug-likeness (QED) is 0.209. The van der Waals surface area contributed by atoms with Gasteiger partial charge in [0.15, 0.2) is 5.96 Å². The van der Waals surface area contributed by atoms with Crippen LogP contribution in [0, 0.1) is 6.92 Å². The summed E-state index contributed by atoms with van der Waals surface area (Å²) in [4.78, 5) is 8.73.